The lowest BCUT2D eigenvalue weighted by atomic mass is 10.2. The van der Waals surface area contributed by atoms with Crippen LogP contribution in [0.3, 0.4) is 0 Å². The highest BCUT2D eigenvalue weighted by Gasteiger charge is 2.08. The fourth-order valence-corrected chi connectivity index (χ4v) is 2.34. The fraction of sp³-hybridized carbons (Fsp3) is 0.214. The second kappa shape index (κ2) is 5.87. The molecule has 0 aliphatic carbocycles. The van der Waals surface area contributed by atoms with E-state index >= 15 is 0 Å². The van der Waals surface area contributed by atoms with E-state index in [9.17, 15) is 0 Å². The zero-order chi connectivity index (χ0) is 13.0. The topological polar surface area (TPSA) is 42.1 Å². The van der Waals surface area contributed by atoms with Gasteiger partial charge in [-0.15, -0.1) is 0 Å². The lowest BCUT2D eigenvalue weighted by molar-refractivity contribution is 0.828. The van der Waals surface area contributed by atoms with Gasteiger partial charge in [0.15, 0.2) is 0 Å². The van der Waals surface area contributed by atoms with Gasteiger partial charge >= 0.3 is 0 Å². The lowest BCUT2D eigenvalue weighted by Gasteiger charge is -2.24. The Hall–Kier alpha value is -1.55. The van der Waals surface area contributed by atoms with Crippen LogP contribution in [0.25, 0.3) is 0 Å². The Kier molecular flexibility index (Phi) is 4.20. The van der Waals surface area contributed by atoms with Gasteiger partial charge in [-0.3, -0.25) is 4.98 Å². The molecule has 2 aromatic rings. The van der Waals surface area contributed by atoms with Crippen molar-refractivity contribution in [3.05, 3.63) is 52.8 Å². The number of aromatic nitrogens is 1. The van der Waals surface area contributed by atoms with Crippen LogP contribution >= 0.6 is 15.9 Å². The molecule has 0 spiro atoms. The molecule has 94 valence electrons. The molecule has 2 rings (SSSR count). The van der Waals surface area contributed by atoms with Crippen LogP contribution in [0.1, 0.15) is 12.5 Å². The van der Waals surface area contributed by atoms with Crippen LogP contribution in [0.15, 0.2) is 47.2 Å². The fourth-order valence-electron chi connectivity index (χ4n) is 1.84. The quantitative estimate of drug-likeness (QED) is 0.880. The van der Waals surface area contributed by atoms with E-state index < -0.39 is 0 Å². The number of nitrogens with zero attached hydrogens (tertiary/aromatic N) is 2. The predicted molar refractivity (Wildman–Crippen MR) is 79.5 cm³/mol. The van der Waals surface area contributed by atoms with E-state index in [1.807, 2.05) is 30.6 Å². The normalized spacial score (nSPS) is 10.3. The van der Waals surface area contributed by atoms with Crippen molar-refractivity contribution in [2.45, 2.75) is 13.5 Å². The highest BCUT2D eigenvalue weighted by molar-refractivity contribution is 9.10. The molecule has 4 heteroatoms. The summed E-state index contributed by atoms with van der Waals surface area (Å²) in [6.45, 7) is 3.94. The number of anilines is 2. The average molecular weight is 306 g/mol. The molecule has 3 nitrogen and oxygen atoms in total. The highest BCUT2D eigenvalue weighted by Crippen LogP contribution is 2.26. The van der Waals surface area contributed by atoms with Gasteiger partial charge < -0.3 is 10.6 Å². The van der Waals surface area contributed by atoms with E-state index in [1.54, 1.807) is 0 Å². The molecule has 0 aliphatic rings. The van der Waals surface area contributed by atoms with E-state index in [0.717, 1.165) is 28.9 Å². The van der Waals surface area contributed by atoms with Crippen molar-refractivity contribution in [3.8, 4) is 0 Å². The molecule has 0 saturated carbocycles. The summed E-state index contributed by atoms with van der Waals surface area (Å²) in [5, 5.41) is 0. The molecular formula is C14H16BrN3. The molecule has 1 aromatic carbocycles. The first-order valence-electron chi connectivity index (χ1n) is 5.89. The summed E-state index contributed by atoms with van der Waals surface area (Å²) in [6.07, 6.45) is 3.63. The number of benzene rings is 1. The van der Waals surface area contributed by atoms with Gasteiger partial charge in [-0.2, -0.15) is 0 Å². The average Bonchev–Trinajstić information content (AvgIpc) is 2.39. The molecule has 0 amide bonds. The Bertz CT molecular complexity index is 511. The summed E-state index contributed by atoms with van der Waals surface area (Å²) in [6, 6.07) is 10.0. The summed E-state index contributed by atoms with van der Waals surface area (Å²) < 4.78 is 1.02. The standard InChI is InChI=1S/C14H16BrN3/c1-2-18(14-7-8-17-9-13(14)15)10-11-3-5-12(16)6-4-11/h3-9H,2,10,16H2,1H3. The molecule has 0 unspecified atom stereocenters. The molecule has 1 heterocycles. The van der Waals surface area contributed by atoms with Crippen LogP contribution in [0.2, 0.25) is 0 Å². The van der Waals surface area contributed by atoms with Gasteiger partial charge in [0.1, 0.15) is 0 Å². The molecule has 0 saturated heterocycles. The Morgan fingerprint density at radius 3 is 2.56 bits per heavy atom. The van der Waals surface area contributed by atoms with E-state index in [1.165, 1.54) is 5.56 Å². The van der Waals surface area contributed by atoms with Crippen molar-refractivity contribution in [2.24, 2.45) is 0 Å². The Labute approximate surface area is 116 Å². The first-order chi connectivity index (χ1) is 8.70. The highest BCUT2D eigenvalue weighted by atomic mass is 79.9. The van der Waals surface area contributed by atoms with Crippen molar-refractivity contribution in [1.82, 2.24) is 4.98 Å². The smallest absolute Gasteiger partial charge is 0.0592 e. The summed E-state index contributed by atoms with van der Waals surface area (Å²) in [5.74, 6) is 0. The van der Waals surface area contributed by atoms with Gasteiger partial charge in [-0.25, -0.2) is 0 Å². The maximum Gasteiger partial charge on any atom is 0.0592 e. The number of nitrogen functional groups attached to an aromatic ring is 1. The van der Waals surface area contributed by atoms with Crippen LogP contribution < -0.4 is 10.6 Å². The third kappa shape index (κ3) is 3.01. The molecule has 0 aliphatic heterocycles. The number of nitrogens with two attached hydrogens (primary N) is 1. The van der Waals surface area contributed by atoms with Crippen molar-refractivity contribution >= 4 is 27.3 Å². The molecule has 1 aromatic heterocycles. The van der Waals surface area contributed by atoms with E-state index in [0.29, 0.717) is 0 Å². The number of halogens is 1. The molecular weight excluding hydrogens is 290 g/mol. The third-order valence-electron chi connectivity index (χ3n) is 2.83. The Morgan fingerprint density at radius 2 is 1.94 bits per heavy atom. The molecule has 0 bridgehead atoms. The minimum absolute atomic E-state index is 0.798. The first kappa shape index (κ1) is 12.9. The summed E-state index contributed by atoms with van der Waals surface area (Å²) in [4.78, 5) is 6.38. The summed E-state index contributed by atoms with van der Waals surface area (Å²) in [5.41, 5.74) is 8.90. The van der Waals surface area contributed by atoms with Crippen LogP contribution in [-0.2, 0) is 6.54 Å². The molecule has 0 radical (unpaired) electrons. The van der Waals surface area contributed by atoms with Crippen LogP contribution in [0.4, 0.5) is 11.4 Å². The Morgan fingerprint density at radius 1 is 1.22 bits per heavy atom. The second-order valence-corrected chi connectivity index (χ2v) is 4.94. The van der Waals surface area contributed by atoms with Crippen LogP contribution in [0, 0.1) is 0 Å². The Balaban J connectivity index is 2.20. The van der Waals surface area contributed by atoms with Gasteiger partial charge in [-0.05, 0) is 46.6 Å². The summed E-state index contributed by atoms with van der Waals surface area (Å²) in [7, 11) is 0. The van der Waals surface area contributed by atoms with Gasteiger partial charge in [-0.1, -0.05) is 12.1 Å². The van der Waals surface area contributed by atoms with Crippen molar-refractivity contribution in [1.29, 1.82) is 0 Å². The third-order valence-corrected chi connectivity index (χ3v) is 3.44. The van der Waals surface area contributed by atoms with E-state index in [2.05, 4.69) is 44.9 Å². The molecule has 0 fully saturated rings. The number of rotatable bonds is 4. The molecule has 2 N–H and O–H groups in total. The zero-order valence-corrected chi connectivity index (χ0v) is 11.9. The van der Waals surface area contributed by atoms with E-state index in [4.69, 9.17) is 5.73 Å². The first-order valence-corrected chi connectivity index (χ1v) is 6.69. The second-order valence-electron chi connectivity index (χ2n) is 4.08. The molecule has 18 heavy (non-hydrogen) atoms. The van der Waals surface area contributed by atoms with Gasteiger partial charge in [0, 0.05) is 31.2 Å². The maximum absolute atomic E-state index is 5.70. The van der Waals surface area contributed by atoms with Gasteiger partial charge in [0.05, 0.1) is 10.2 Å². The number of hydrogen-bond acceptors (Lipinski definition) is 3. The maximum atomic E-state index is 5.70. The lowest BCUT2D eigenvalue weighted by Crippen LogP contribution is -2.22. The zero-order valence-electron chi connectivity index (χ0n) is 10.3. The number of hydrogen-bond donors (Lipinski definition) is 1. The van der Waals surface area contributed by atoms with Gasteiger partial charge in [0.25, 0.3) is 0 Å². The van der Waals surface area contributed by atoms with E-state index in [-0.39, 0.29) is 0 Å². The minimum atomic E-state index is 0.798. The van der Waals surface area contributed by atoms with Crippen LogP contribution in [0.5, 0.6) is 0 Å². The SMILES string of the molecule is CCN(Cc1ccc(N)cc1)c1ccncc1Br. The van der Waals surface area contributed by atoms with Crippen molar-refractivity contribution in [2.75, 3.05) is 17.2 Å². The van der Waals surface area contributed by atoms with Crippen molar-refractivity contribution < 1.29 is 0 Å². The number of pyridine rings is 1. The monoisotopic (exact) mass is 305 g/mol. The van der Waals surface area contributed by atoms with Crippen LogP contribution in [-0.4, -0.2) is 11.5 Å². The minimum Gasteiger partial charge on any atom is -0.399 e. The van der Waals surface area contributed by atoms with Crippen molar-refractivity contribution in [3.63, 3.8) is 0 Å². The summed E-state index contributed by atoms with van der Waals surface area (Å²) >= 11 is 3.54. The van der Waals surface area contributed by atoms with Gasteiger partial charge in [0.2, 0.25) is 0 Å². The largest absolute Gasteiger partial charge is 0.399 e. The molecule has 0 atom stereocenters. The predicted octanol–water partition coefficient (Wildman–Crippen LogP) is 3.45.